The molecule has 0 bridgehead atoms. The molecule has 2 N–H and O–H groups in total. The fraction of sp³-hybridized carbons (Fsp3) is 0.364. The van der Waals surface area contributed by atoms with Crippen molar-refractivity contribution in [2.45, 2.75) is 33.3 Å². The number of amides is 1. The summed E-state index contributed by atoms with van der Waals surface area (Å²) in [5, 5.41) is 12.0. The van der Waals surface area contributed by atoms with Gasteiger partial charge in [0.25, 0.3) is 0 Å². The van der Waals surface area contributed by atoms with Gasteiger partial charge < -0.3 is 14.7 Å². The number of carboxylic acid groups (broad SMARTS) is 1. The molecule has 0 saturated carbocycles. The summed E-state index contributed by atoms with van der Waals surface area (Å²) in [6.07, 6.45) is 1.45. The van der Waals surface area contributed by atoms with E-state index < -0.39 is 12.1 Å². The first-order chi connectivity index (χ1) is 13.3. The summed E-state index contributed by atoms with van der Waals surface area (Å²) in [4.78, 5) is 26.0. The van der Waals surface area contributed by atoms with Gasteiger partial charge in [0.1, 0.15) is 6.61 Å². The van der Waals surface area contributed by atoms with E-state index in [1.807, 2.05) is 30.3 Å². The fourth-order valence-corrected chi connectivity index (χ4v) is 3.26. The average molecular weight is 382 g/mol. The molecule has 3 rings (SSSR count). The molecule has 0 unspecified atom stereocenters. The number of nitrogens with one attached hydrogen (secondary N) is 1. The lowest BCUT2D eigenvalue weighted by Crippen LogP contribution is -2.37. The minimum absolute atomic E-state index is 0.0396. The summed E-state index contributed by atoms with van der Waals surface area (Å²) in [6.45, 7) is 6.44. The summed E-state index contributed by atoms with van der Waals surface area (Å²) >= 11 is 0. The fourth-order valence-electron chi connectivity index (χ4n) is 3.26. The number of rotatable bonds is 5. The maximum absolute atomic E-state index is 12.2. The molecule has 6 heteroatoms. The van der Waals surface area contributed by atoms with E-state index in [0.717, 1.165) is 37.2 Å². The second-order valence-corrected chi connectivity index (χ2v) is 7.87. The number of hydrogen-bond acceptors (Lipinski definition) is 4. The van der Waals surface area contributed by atoms with E-state index in [-0.39, 0.29) is 17.9 Å². The zero-order chi connectivity index (χ0) is 20.1. The molecule has 28 heavy (non-hydrogen) atoms. The molecule has 2 aromatic carbocycles. The number of benzene rings is 2. The minimum atomic E-state index is -1.09. The van der Waals surface area contributed by atoms with E-state index in [0.29, 0.717) is 5.41 Å². The first-order valence-corrected chi connectivity index (χ1v) is 9.44. The first-order valence-electron chi connectivity index (χ1n) is 9.44. The molecule has 0 atom stereocenters. The van der Waals surface area contributed by atoms with Crippen molar-refractivity contribution in [2.24, 2.45) is 5.41 Å². The molecule has 2 aromatic rings. The molecular formula is C22H26N2O4. The van der Waals surface area contributed by atoms with E-state index in [4.69, 9.17) is 4.74 Å². The molecule has 0 aliphatic carbocycles. The van der Waals surface area contributed by atoms with Gasteiger partial charge in [0.15, 0.2) is 0 Å². The van der Waals surface area contributed by atoms with Gasteiger partial charge in [-0.05, 0) is 42.0 Å². The van der Waals surface area contributed by atoms with Crippen LogP contribution in [-0.2, 0) is 11.3 Å². The van der Waals surface area contributed by atoms with Gasteiger partial charge in [-0.2, -0.15) is 0 Å². The second kappa shape index (κ2) is 8.33. The third-order valence-corrected chi connectivity index (χ3v) is 5.17. The highest BCUT2D eigenvalue weighted by Crippen LogP contribution is 2.33. The molecule has 0 spiro atoms. The van der Waals surface area contributed by atoms with Crippen LogP contribution in [0.15, 0.2) is 48.5 Å². The van der Waals surface area contributed by atoms with Crippen LogP contribution in [0.1, 0.15) is 42.6 Å². The predicted octanol–water partition coefficient (Wildman–Crippen LogP) is 4.76. The standard InChI is InChI=1S/C22H26N2O4/c1-22(2)10-12-24(13-11-22)17-8-9-18(20(25)26)19(14-17)23-21(27)28-15-16-6-4-3-5-7-16/h3-9,14H,10-13,15H2,1-2H3,(H,23,27)(H,25,26). The summed E-state index contributed by atoms with van der Waals surface area (Å²) < 4.78 is 5.22. The van der Waals surface area contributed by atoms with Crippen LogP contribution in [-0.4, -0.2) is 30.3 Å². The molecule has 1 aliphatic heterocycles. The quantitative estimate of drug-likeness (QED) is 0.779. The Hall–Kier alpha value is -3.02. The molecule has 1 saturated heterocycles. The van der Waals surface area contributed by atoms with Crippen molar-refractivity contribution in [3.05, 3.63) is 59.7 Å². The van der Waals surface area contributed by atoms with Crippen LogP contribution in [0.2, 0.25) is 0 Å². The van der Waals surface area contributed by atoms with Crippen molar-refractivity contribution in [1.29, 1.82) is 0 Å². The Bertz CT molecular complexity index is 839. The van der Waals surface area contributed by atoms with Crippen molar-refractivity contribution in [1.82, 2.24) is 0 Å². The zero-order valence-corrected chi connectivity index (χ0v) is 16.3. The lowest BCUT2D eigenvalue weighted by molar-refractivity contribution is 0.0698. The Morgan fingerprint density at radius 2 is 1.79 bits per heavy atom. The molecule has 1 aliphatic rings. The predicted molar refractivity (Wildman–Crippen MR) is 109 cm³/mol. The molecule has 1 fully saturated rings. The summed E-state index contributed by atoms with van der Waals surface area (Å²) in [5.41, 5.74) is 2.37. The van der Waals surface area contributed by atoms with E-state index in [2.05, 4.69) is 24.1 Å². The van der Waals surface area contributed by atoms with Gasteiger partial charge in [-0.1, -0.05) is 44.2 Å². The maximum Gasteiger partial charge on any atom is 0.411 e. The van der Waals surface area contributed by atoms with Gasteiger partial charge in [0.2, 0.25) is 0 Å². The Morgan fingerprint density at radius 3 is 2.43 bits per heavy atom. The van der Waals surface area contributed by atoms with Gasteiger partial charge in [-0.25, -0.2) is 9.59 Å². The summed E-state index contributed by atoms with van der Waals surface area (Å²) in [6, 6.07) is 14.4. The van der Waals surface area contributed by atoms with E-state index in [9.17, 15) is 14.7 Å². The van der Waals surface area contributed by atoms with Crippen molar-refractivity contribution in [3.8, 4) is 0 Å². The third kappa shape index (κ3) is 5.03. The van der Waals surface area contributed by atoms with Crippen molar-refractivity contribution >= 4 is 23.4 Å². The van der Waals surface area contributed by atoms with Crippen molar-refractivity contribution in [3.63, 3.8) is 0 Å². The van der Waals surface area contributed by atoms with Gasteiger partial charge in [0, 0.05) is 18.8 Å². The summed E-state index contributed by atoms with van der Waals surface area (Å²) in [7, 11) is 0. The van der Waals surface area contributed by atoms with Crippen LogP contribution in [0.25, 0.3) is 0 Å². The Balaban J connectivity index is 1.71. The number of piperidine rings is 1. The first kappa shape index (κ1) is 19.7. The van der Waals surface area contributed by atoms with Crippen LogP contribution in [0, 0.1) is 5.41 Å². The van der Waals surface area contributed by atoms with Crippen LogP contribution in [0.3, 0.4) is 0 Å². The lowest BCUT2D eigenvalue weighted by Gasteiger charge is -2.38. The molecule has 1 amide bonds. The van der Waals surface area contributed by atoms with Crippen molar-refractivity contribution in [2.75, 3.05) is 23.3 Å². The van der Waals surface area contributed by atoms with Crippen LogP contribution < -0.4 is 10.2 Å². The molecule has 6 nitrogen and oxygen atoms in total. The molecule has 0 radical (unpaired) electrons. The lowest BCUT2D eigenvalue weighted by atomic mass is 9.82. The van der Waals surface area contributed by atoms with E-state index in [1.165, 1.54) is 6.07 Å². The Morgan fingerprint density at radius 1 is 1.11 bits per heavy atom. The maximum atomic E-state index is 12.2. The number of nitrogens with zero attached hydrogens (tertiary/aromatic N) is 1. The topological polar surface area (TPSA) is 78.9 Å². The molecule has 0 aromatic heterocycles. The van der Waals surface area contributed by atoms with Crippen LogP contribution >= 0.6 is 0 Å². The molecule has 148 valence electrons. The monoisotopic (exact) mass is 382 g/mol. The summed E-state index contributed by atoms with van der Waals surface area (Å²) in [5.74, 6) is -1.09. The highest BCUT2D eigenvalue weighted by Gasteiger charge is 2.26. The van der Waals surface area contributed by atoms with Crippen LogP contribution in [0.4, 0.5) is 16.2 Å². The minimum Gasteiger partial charge on any atom is -0.478 e. The zero-order valence-electron chi connectivity index (χ0n) is 16.3. The Kier molecular flexibility index (Phi) is 5.87. The smallest absolute Gasteiger partial charge is 0.411 e. The number of aromatic carboxylic acids is 1. The SMILES string of the molecule is CC1(C)CCN(c2ccc(C(=O)O)c(NC(=O)OCc3ccccc3)c2)CC1. The number of hydrogen-bond donors (Lipinski definition) is 2. The van der Waals surface area contributed by atoms with Gasteiger partial charge in [-0.3, -0.25) is 5.32 Å². The highest BCUT2D eigenvalue weighted by atomic mass is 16.5. The van der Waals surface area contributed by atoms with Crippen LogP contribution in [0.5, 0.6) is 0 Å². The second-order valence-electron chi connectivity index (χ2n) is 7.87. The van der Waals surface area contributed by atoms with E-state index >= 15 is 0 Å². The molecule has 1 heterocycles. The largest absolute Gasteiger partial charge is 0.478 e. The number of carbonyl (C=O) groups is 2. The van der Waals surface area contributed by atoms with Gasteiger partial charge in [0.05, 0.1) is 11.3 Å². The molecular weight excluding hydrogens is 356 g/mol. The average Bonchev–Trinajstić information content (AvgIpc) is 2.67. The number of carboxylic acids is 1. The van der Waals surface area contributed by atoms with E-state index in [1.54, 1.807) is 12.1 Å². The Labute approximate surface area is 165 Å². The normalized spacial score (nSPS) is 15.7. The third-order valence-electron chi connectivity index (χ3n) is 5.17. The number of ether oxygens (including phenoxy) is 1. The van der Waals surface area contributed by atoms with Gasteiger partial charge in [-0.15, -0.1) is 0 Å². The highest BCUT2D eigenvalue weighted by molar-refractivity contribution is 5.99. The number of anilines is 2. The van der Waals surface area contributed by atoms with Gasteiger partial charge >= 0.3 is 12.1 Å². The number of carbonyl (C=O) groups excluding carboxylic acids is 1. The van der Waals surface area contributed by atoms with Crippen molar-refractivity contribution < 1.29 is 19.4 Å².